The van der Waals surface area contributed by atoms with Crippen LogP contribution in [0.1, 0.15) is 12.5 Å². The van der Waals surface area contributed by atoms with Crippen LogP contribution in [0.5, 0.6) is 0 Å². The molecule has 0 aliphatic carbocycles. The lowest BCUT2D eigenvalue weighted by Gasteiger charge is -2.03. The van der Waals surface area contributed by atoms with E-state index in [0.29, 0.717) is 0 Å². The van der Waals surface area contributed by atoms with Crippen molar-refractivity contribution in [1.82, 2.24) is 15.2 Å². The van der Waals surface area contributed by atoms with Crippen LogP contribution in [0.2, 0.25) is 0 Å². The number of anilines is 1. The van der Waals surface area contributed by atoms with Crippen molar-refractivity contribution in [2.75, 3.05) is 18.1 Å². The number of hydrogen-bond donors (Lipinski definition) is 1. The molecule has 0 aromatic carbocycles. The van der Waals surface area contributed by atoms with Gasteiger partial charge in [-0.15, -0.1) is 10.2 Å². The van der Waals surface area contributed by atoms with Gasteiger partial charge in [0.25, 0.3) is 0 Å². The molecule has 18 heavy (non-hydrogen) atoms. The monoisotopic (exact) mass is 298 g/mol. The highest BCUT2D eigenvalue weighted by atomic mass is 32.2. The van der Waals surface area contributed by atoms with Gasteiger partial charge in [-0.2, -0.15) is 0 Å². The lowest BCUT2D eigenvalue weighted by Crippen LogP contribution is -1.98. The van der Waals surface area contributed by atoms with E-state index >= 15 is 0 Å². The van der Waals surface area contributed by atoms with E-state index in [9.17, 15) is 0 Å². The predicted octanol–water partition coefficient (Wildman–Crippen LogP) is 3.38. The van der Waals surface area contributed by atoms with Gasteiger partial charge < -0.3 is 5.32 Å². The highest BCUT2D eigenvalue weighted by molar-refractivity contribution is 8.02. The normalized spacial score (nSPS) is 10.6. The summed E-state index contributed by atoms with van der Waals surface area (Å²) in [7, 11) is 0. The molecule has 0 radical (unpaired) electrons. The van der Waals surface area contributed by atoms with E-state index in [-0.39, 0.29) is 0 Å². The van der Waals surface area contributed by atoms with Crippen molar-refractivity contribution in [3.05, 3.63) is 23.9 Å². The standard InChI is InChI=1S/C11H14N4S3/c1-3-12-9-5-4-8(6-13-9)7-17-11-15-14-10(16-2)18-11/h4-6H,3,7H2,1-2H3,(H,12,13). The van der Waals surface area contributed by atoms with E-state index in [4.69, 9.17) is 0 Å². The summed E-state index contributed by atoms with van der Waals surface area (Å²) >= 11 is 4.96. The summed E-state index contributed by atoms with van der Waals surface area (Å²) < 4.78 is 2.02. The molecule has 0 amide bonds. The molecule has 2 rings (SSSR count). The minimum Gasteiger partial charge on any atom is -0.370 e. The van der Waals surface area contributed by atoms with E-state index in [1.165, 1.54) is 5.56 Å². The number of aromatic nitrogens is 3. The Hall–Kier alpha value is -0.790. The second-order valence-electron chi connectivity index (χ2n) is 3.41. The van der Waals surface area contributed by atoms with E-state index in [1.807, 2.05) is 18.5 Å². The molecule has 0 aliphatic rings. The summed E-state index contributed by atoms with van der Waals surface area (Å²) in [4.78, 5) is 4.34. The third-order valence-electron chi connectivity index (χ3n) is 2.11. The first-order chi connectivity index (χ1) is 8.81. The highest BCUT2D eigenvalue weighted by Crippen LogP contribution is 2.29. The van der Waals surface area contributed by atoms with Gasteiger partial charge in [0.1, 0.15) is 5.82 Å². The van der Waals surface area contributed by atoms with Crippen LogP contribution in [-0.2, 0) is 5.75 Å². The van der Waals surface area contributed by atoms with Crippen LogP contribution >= 0.6 is 34.9 Å². The third-order valence-corrected chi connectivity index (χ3v) is 5.21. The molecule has 0 fully saturated rings. The van der Waals surface area contributed by atoms with E-state index < -0.39 is 0 Å². The van der Waals surface area contributed by atoms with Crippen LogP contribution in [0.4, 0.5) is 5.82 Å². The molecule has 7 heteroatoms. The van der Waals surface area contributed by atoms with E-state index in [0.717, 1.165) is 26.8 Å². The second-order valence-corrected chi connectivity index (χ2v) is 6.66. The van der Waals surface area contributed by atoms with Crippen molar-refractivity contribution in [3.8, 4) is 0 Å². The number of pyridine rings is 1. The molecule has 0 bridgehead atoms. The topological polar surface area (TPSA) is 50.7 Å². The van der Waals surface area contributed by atoms with Crippen LogP contribution in [0.15, 0.2) is 27.0 Å². The number of thioether (sulfide) groups is 2. The molecule has 1 N–H and O–H groups in total. The van der Waals surface area contributed by atoms with E-state index in [1.54, 1.807) is 34.9 Å². The van der Waals surface area contributed by atoms with Crippen LogP contribution in [0.25, 0.3) is 0 Å². The molecule has 0 spiro atoms. The Bertz CT molecular complexity index is 483. The molecule has 0 aliphatic heterocycles. The average Bonchev–Trinajstić information content (AvgIpc) is 2.86. The summed E-state index contributed by atoms with van der Waals surface area (Å²) in [6, 6.07) is 4.10. The Labute approximate surface area is 119 Å². The van der Waals surface area contributed by atoms with Gasteiger partial charge in [-0.25, -0.2) is 4.98 Å². The van der Waals surface area contributed by atoms with Gasteiger partial charge in [0.2, 0.25) is 0 Å². The summed E-state index contributed by atoms with van der Waals surface area (Å²) in [5, 5.41) is 11.4. The molecule has 2 heterocycles. The second kappa shape index (κ2) is 6.96. The molecule has 2 aromatic rings. The zero-order chi connectivity index (χ0) is 12.8. The molecule has 96 valence electrons. The van der Waals surface area contributed by atoms with Crippen molar-refractivity contribution in [2.24, 2.45) is 0 Å². The van der Waals surface area contributed by atoms with Crippen molar-refractivity contribution >= 4 is 40.7 Å². The first kappa shape index (κ1) is 13.6. The van der Waals surface area contributed by atoms with Gasteiger partial charge in [-0.1, -0.05) is 40.9 Å². The molecule has 4 nitrogen and oxygen atoms in total. The number of rotatable bonds is 6. The SMILES string of the molecule is CCNc1ccc(CSc2nnc(SC)s2)cn1. The molecular formula is C11H14N4S3. The lowest BCUT2D eigenvalue weighted by atomic mass is 10.3. The summed E-state index contributed by atoms with van der Waals surface area (Å²) in [6.07, 6.45) is 3.92. The van der Waals surface area contributed by atoms with Gasteiger partial charge in [-0.3, -0.25) is 0 Å². The van der Waals surface area contributed by atoms with Gasteiger partial charge in [0.15, 0.2) is 8.68 Å². The molecule has 0 unspecified atom stereocenters. The molecule has 2 aromatic heterocycles. The smallest absolute Gasteiger partial charge is 0.175 e. The molecule has 0 saturated heterocycles. The number of nitrogens with one attached hydrogen (secondary N) is 1. The van der Waals surface area contributed by atoms with Crippen LogP contribution in [0.3, 0.4) is 0 Å². The first-order valence-corrected chi connectivity index (χ1v) is 8.53. The Kier molecular flexibility index (Phi) is 5.27. The van der Waals surface area contributed by atoms with Crippen LogP contribution in [-0.4, -0.2) is 28.0 Å². The van der Waals surface area contributed by atoms with Crippen LogP contribution in [0, 0.1) is 0 Å². The third kappa shape index (κ3) is 3.86. The van der Waals surface area contributed by atoms with Gasteiger partial charge >= 0.3 is 0 Å². The first-order valence-electron chi connectivity index (χ1n) is 5.51. The minimum absolute atomic E-state index is 0.877. The zero-order valence-electron chi connectivity index (χ0n) is 10.2. The highest BCUT2D eigenvalue weighted by Gasteiger charge is 2.04. The van der Waals surface area contributed by atoms with Crippen molar-refractivity contribution in [1.29, 1.82) is 0 Å². The van der Waals surface area contributed by atoms with Crippen molar-refractivity contribution in [3.63, 3.8) is 0 Å². The average molecular weight is 298 g/mol. The number of nitrogens with zero attached hydrogens (tertiary/aromatic N) is 3. The number of hydrogen-bond acceptors (Lipinski definition) is 7. The maximum Gasteiger partial charge on any atom is 0.175 e. The van der Waals surface area contributed by atoms with E-state index in [2.05, 4.69) is 33.5 Å². The summed E-state index contributed by atoms with van der Waals surface area (Å²) in [5.74, 6) is 1.80. The summed E-state index contributed by atoms with van der Waals surface area (Å²) in [6.45, 7) is 2.95. The van der Waals surface area contributed by atoms with Crippen molar-refractivity contribution in [2.45, 2.75) is 21.4 Å². The summed E-state index contributed by atoms with van der Waals surface area (Å²) in [5.41, 5.74) is 1.20. The molecule has 0 atom stereocenters. The largest absolute Gasteiger partial charge is 0.370 e. The molecule has 0 saturated carbocycles. The van der Waals surface area contributed by atoms with Gasteiger partial charge in [0.05, 0.1) is 0 Å². The minimum atomic E-state index is 0.877. The quantitative estimate of drug-likeness (QED) is 0.825. The fourth-order valence-corrected chi connectivity index (χ4v) is 3.65. The Morgan fingerprint density at radius 1 is 1.28 bits per heavy atom. The Balaban J connectivity index is 1.89. The Morgan fingerprint density at radius 3 is 2.72 bits per heavy atom. The zero-order valence-corrected chi connectivity index (χ0v) is 12.7. The van der Waals surface area contributed by atoms with Crippen molar-refractivity contribution < 1.29 is 0 Å². The maximum absolute atomic E-state index is 4.34. The van der Waals surface area contributed by atoms with Crippen LogP contribution < -0.4 is 5.32 Å². The lowest BCUT2D eigenvalue weighted by molar-refractivity contribution is 0.955. The fraction of sp³-hybridized carbons (Fsp3) is 0.364. The predicted molar refractivity (Wildman–Crippen MR) is 79.7 cm³/mol. The maximum atomic E-state index is 4.34. The fourth-order valence-electron chi connectivity index (χ4n) is 1.28. The van der Waals surface area contributed by atoms with Gasteiger partial charge in [-0.05, 0) is 24.8 Å². The Morgan fingerprint density at radius 2 is 2.11 bits per heavy atom. The van der Waals surface area contributed by atoms with Gasteiger partial charge in [0, 0.05) is 18.5 Å². The molecular weight excluding hydrogens is 284 g/mol.